The van der Waals surface area contributed by atoms with E-state index in [0.29, 0.717) is 25.7 Å². The number of unbranched alkanes of at least 4 members (excludes halogenated alkanes) is 55. The van der Waals surface area contributed by atoms with Gasteiger partial charge in [0.15, 0.2) is 12.2 Å². The number of rotatable bonds is 85. The summed E-state index contributed by atoms with van der Waals surface area (Å²) in [6.07, 6.45) is 69.4. The van der Waals surface area contributed by atoms with Crippen LogP contribution >= 0.6 is 15.6 Å². The molecule has 0 spiro atoms. The van der Waals surface area contributed by atoms with Gasteiger partial charge in [0.1, 0.15) is 19.3 Å². The smallest absolute Gasteiger partial charge is 0.462 e. The fourth-order valence-electron chi connectivity index (χ4n) is 13.4. The SMILES string of the molecule is CCCCCCCCCCCCCCCCCCCCCC(=O)O[C@H](COC(=O)CCCCCCCCCCCCCCCCCC(C)C)COP(=O)(O)OC[C@@H](O)COP(=O)(O)OC[C@@H](COC(=O)CCCCCCCCCCC(C)C)OC(=O)CCCCCCCCCCCCCCCCCCC. The molecule has 0 bridgehead atoms. The topological polar surface area (TPSA) is 237 Å². The Hall–Kier alpha value is -1.94. The van der Waals surface area contributed by atoms with Gasteiger partial charge in [-0.3, -0.25) is 37.3 Å². The number of phosphoric ester groups is 2. The van der Waals surface area contributed by atoms with Crippen LogP contribution in [0.25, 0.3) is 0 Å². The van der Waals surface area contributed by atoms with E-state index in [1.807, 2.05) is 0 Å². The summed E-state index contributed by atoms with van der Waals surface area (Å²) in [4.78, 5) is 73.2. The van der Waals surface area contributed by atoms with Crippen molar-refractivity contribution >= 4 is 39.5 Å². The lowest BCUT2D eigenvalue weighted by Crippen LogP contribution is -2.30. The zero-order valence-corrected chi connectivity index (χ0v) is 70.8. The van der Waals surface area contributed by atoms with Crippen molar-refractivity contribution in [3.63, 3.8) is 0 Å². The standard InChI is InChI=1S/C86H168O17P2/c1-7-9-11-13-15-17-19-21-23-25-26-28-32-37-41-45-53-59-65-70-85(90)102-81(74-96-83(88)68-62-56-50-43-39-35-33-29-30-34-38-42-48-54-60-66-78(3)4)76-100-104(92,93)98-72-80(87)73-99-105(94,95)101-77-82(75-97-84(89)69-63-57-51-47-46-49-55-61-67-79(5)6)103-86(91)71-64-58-52-44-40-36-31-27-24-22-20-18-16-14-12-10-8-2/h78-82,87H,7-77H2,1-6H3,(H,92,93)(H,94,95)/t80-,81-,82-/m1/s1. The van der Waals surface area contributed by atoms with Gasteiger partial charge in [0.25, 0.3) is 0 Å². The van der Waals surface area contributed by atoms with E-state index in [4.69, 9.17) is 37.0 Å². The molecule has 0 saturated heterocycles. The molecule has 0 aliphatic carbocycles. The number of carbonyl (C=O) groups excluding carboxylic acids is 4. The molecule has 3 N–H and O–H groups in total. The van der Waals surface area contributed by atoms with Crippen LogP contribution in [-0.4, -0.2) is 96.7 Å². The fraction of sp³-hybridized carbons (Fsp3) is 0.953. The Morgan fingerprint density at radius 3 is 0.648 bits per heavy atom. The first-order valence-corrected chi connectivity index (χ1v) is 47.5. The van der Waals surface area contributed by atoms with Gasteiger partial charge in [0.05, 0.1) is 26.4 Å². The summed E-state index contributed by atoms with van der Waals surface area (Å²) in [6, 6.07) is 0. The quantitative estimate of drug-likeness (QED) is 0.0222. The van der Waals surface area contributed by atoms with Crippen molar-refractivity contribution in [2.75, 3.05) is 39.6 Å². The third-order valence-electron chi connectivity index (χ3n) is 20.2. The second kappa shape index (κ2) is 77.4. The predicted octanol–water partition coefficient (Wildman–Crippen LogP) is 26.2. The third-order valence-corrected chi connectivity index (χ3v) is 22.1. The van der Waals surface area contributed by atoms with Crippen molar-refractivity contribution in [3.05, 3.63) is 0 Å². The number of aliphatic hydroxyl groups is 1. The summed E-state index contributed by atoms with van der Waals surface area (Å²) in [5.74, 6) is -0.569. The maximum absolute atomic E-state index is 13.1. The summed E-state index contributed by atoms with van der Waals surface area (Å²) >= 11 is 0. The summed E-state index contributed by atoms with van der Waals surface area (Å²) in [7, 11) is -9.93. The molecule has 105 heavy (non-hydrogen) atoms. The minimum absolute atomic E-state index is 0.108. The van der Waals surface area contributed by atoms with E-state index < -0.39 is 97.5 Å². The molecule has 0 heterocycles. The van der Waals surface area contributed by atoms with Crippen LogP contribution in [0.15, 0.2) is 0 Å². The molecule has 0 radical (unpaired) electrons. The number of hydrogen-bond donors (Lipinski definition) is 3. The van der Waals surface area contributed by atoms with E-state index in [1.165, 1.54) is 276 Å². The lowest BCUT2D eigenvalue weighted by Gasteiger charge is -2.21. The van der Waals surface area contributed by atoms with Crippen molar-refractivity contribution in [3.8, 4) is 0 Å². The minimum atomic E-state index is -4.97. The van der Waals surface area contributed by atoms with E-state index in [2.05, 4.69) is 41.5 Å². The molecule has 2 unspecified atom stereocenters. The Bertz CT molecular complexity index is 2010. The molecular weight excluding hydrogens is 1370 g/mol. The molecule has 0 aromatic heterocycles. The Kier molecular flexibility index (Phi) is 76.0. The number of ether oxygens (including phenoxy) is 4. The van der Waals surface area contributed by atoms with Crippen molar-refractivity contribution in [1.29, 1.82) is 0 Å². The Morgan fingerprint density at radius 2 is 0.438 bits per heavy atom. The summed E-state index contributed by atoms with van der Waals surface area (Å²) in [5.41, 5.74) is 0. The van der Waals surface area contributed by atoms with E-state index in [0.717, 1.165) is 102 Å². The molecular formula is C86H168O17P2. The molecule has 19 heteroatoms. The molecule has 0 saturated carbocycles. The number of phosphoric acid groups is 2. The van der Waals surface area contributed by atoms with Crippen LogP contribution in [0.2, 0.25) is 0 Å². The molecule has 5 atom stereocenters. The number of carbonyl (C=O) groups is 4. The fourth-order valence-corrected chi connectivity index (χ4v) is 15.0. The Balaban J connectivity index is 5.25. The van der Waals surface area contributed by atoms with Gasteiger partial charge in [0, 0.05) is 25.7 Å². The van der Waals surface area contributed by atoms with Crippen LogP contribution in [0.1, 0.15) is 459 Å². The van der Waals surface area contributed by atoms with Gasteiger partial charge in [-0.15, -0.1) is 0 Å². The highest BCUT2D eigenvalue weighted by Crippen LogP contribution is 2.45. The van der Waals surface area contributed by atoms with Gasteiger partial charge in [-0.1, -0.05) is 408 Å². The first-order valence-electron chi connectivity index (χ1n) is 44.5. The highest BCUT2D eigenvalue weighted by Gasteiger charge is 2.30. The Labute approximate surface area is 645 Å². The van der Waals surface area contributed by atoms with Crippen LogP contribution in [0, 0.1) is 11.8 Å². The summed E-state index contributed by atoms with van der Waals surface area (Å²) in [6.45, 7) is 9.67. The molecule has 0 aromatic carbocycles. The molecule has 0 aliphatic heterocycles. The average molecular weight is 1540 g/mol. The summed E-state index contributed by atoms with van der Waals surface area (Å²) < 4.78 is 68.9. The number of hydrogen-bond acceptors (Lipinski definition) is 15. The molecule has 0 rings (SSSR count). The molecule has 0 fully saturated rings. The Morgan fingerprint density at radius 1 is 0.257 bits per heavy atom. The lowest BCUT2D eigenvalue weighted by atomic mass is 10.0. The van der Waals surface area contributed by atoms with Gasteiger partial charge in [-0.25, -0.2) is 9.13 Å². The van der Waals surface area contributed by atoms with Crippen LogP contribution in [0.3, 0.4) is 0 Å². The van der Waals surface area contributed by atoms with E-state index >= 15 is 0 Å². The van der Waals surface area contributed by atoms with Gasteiger partial charge < -0.3 is 33.8 Å². The van der Waals surface area contributed by atoms with Crippen molar-refractivity contribution in [2.45, 2.75) is 477 Å². The highest BCUT2D eigenvalue weighted by atomic mass is 31.2. The van der Waals surface area contributed by atoms with Crippen molar-refractivity contribution in [2.24, 2.45) is 11.8 Å². The van der Waals surface area contributed by atoms with Gasteiger partial charge in [-0.05, 0) is 37.5 Å². The van der Waals surface area contributed by atoms with Crippen LogP contribution in [0.5, 0.6) is 0 Å². The van der Waals surface area contributed by atoms with Gasteiger partial charge in [0.2, 0.25) is 0 Å². The molecule has 17 nitrogen and oxygen atoms in total. The normalized spacial score (nSPS) is 13.8. The second-order valence-electron chi connectivity index (χ2n) is 31.9. The largest absolute Gasteiger partial charge is 0.472 e. The van der Waals surface area contributed by atoms with Gasteiger partial charge in [-0.2, -0.15) is 0 Å². The van der Waals surface area contributed by atoms with E-state index in [1.54, 1.807) is 0 Å². The van der Waals surface area contributed by atoms with E-state index in [-0.39, 0.29) is 25.7 Å². The van der Waals surface area contributed by atoms with E-state index in [9.17, 15) is 43.2 Å². The molecule has 624 valence electrons. The van der Waals surface area contributed by atoms with Crippen molar-refractivity contribution in [1.82, 2.24) is 0 Å². The first kappa shape index (κ1) is 103. The highest BCUT2D eigenvalue weighted by molar-refractivity contribution is 7.47. The first-order chi connectivity index (χ1) is 50.9. The van der Waals surface area contributed by atoms with Crippen molar-refractivity contribution < 1.29 is 80.2 Å². The third kappa shape index (κ3) is 79.9. The monoisotopic (exact) mass is 1540 g/mol. The van der Waals surface area contributed by atoms with Crippen LogP contribution in [0.4, 0.5) is 0 Å². The minimum Gasteiger partial charge on any atom is -0.462 e. The number of esters is 4. The zero-order chi connectivity index (χ0) is 77.1. The predicted molar refractivity (Wildman–Crippen MR) is 432 cm³/mol. The van der Waals surface area contributed by atoms with Crippen LogP contribution < -0.4 is 0 Å². The van der Waals surface area contributed by atoms with Gasteiger partial charge >= 0.3 is 39.5 Å². The number of aliphatic hydroxyl groups excluding tert-OH is 1. The maximum atomic E-state index is 13.1. The lowest BCUT2D eigenvalue weighted by molar-refractivity contribution is -0.161. The molecule has 0 aromatic rings. The maximum Gasteiger partial charge on any atom is 0.472 e. The van der Waals surface area contributed by atoms with Crippen LogP contribution in [-0.2, 0) is 65.4 Å². The second-order valence-corrected chi connectivity index (χ2v) is 34.8. The molecule has 0 amide bonds. The molecule has 0 aliphatic rings. The summed E-state index contributed by atoms with van der Waals surface area (Å²) in [5, 5.41) is 10.7. The zero-order valence-electron chi connectivity index (χ0n) is 69.0. The average Bonchev–Trinajstić information content (AvgIpc) is 0.912.